The van der Waals surface area contributed by atoms with Crippen molar-refractivity contribution in [3.05, 3.63) is 0 Å². The number of hydrogen-bond donors (Lipinski definition) is 0. The van der Waals surface area contributed by atoms with Crippen LogP contribution in [0, 0.1) is 29.1 Å². The van der Waals surface area contributed by atoms with Crippen molar-refractivity contribution in [3.8, 4) is 0 Å². The Morgan fingerprint density at radius 2 is 1.75 bits per heavy atom. The van der Waals surface area contributed by atoms with Gasteiger partial charge < -0.3 is 9.47 Å². The minimum atomic E-state index is -0.311. The van der Waals surface area contributed by atoms with Gasteiger partial charge in [0.25, 0.3) is 0 Å². The number of carbonyl (C=O) groups excluding carboxylic acids is 2. The fraction of sp³-hybridized carbons (Fsp3) is 0.900. The van der Waals surface area contributed by atoms with Crippen LogP contribution >= 0.6 is 0 Å². The molecule has 136 valence electrons. The van der Waals surface area contributed by atoms with Crippen LogP contribution in [0.3, 0.4) is 0 Å². The molecule has 4 aliphatic rings. The number of rotatable bonds is 6. The Morgan fingerprint density at radius 3 is 2.29 bits per heavy atom. The molecule has 0 spiro atoms. The third kappa shape index (κ3) is 3.21. The predicted octanol–water partition coefficient (Wildman–Crippen LogP) is 4.11. The van der Waals surface area contributed by atoms with Crippen molar-refractivity contribution < 1.29 is 19.1 Å². The summed E-state index contributed by atoms with van der Waals surface area (Å²) < 4.78 is 11.2. The Hall–Kier alpha value is -1.06. The molecule has 3 atom stereocenters. The summed E-state index contributed by atoms with van der Waals surface area (Å²) in [5.41, 5.74) is 0.155. The lowest BCUT2D eigenvalue weighted by molar-refractivity contribution is -0.216. The van der Waals surface area contributed by atoms with Crippen LogP contribution in [0.5, 0.6) is 0 Å². The van der Waals surface area contributed by atoms with Crippen LogP contribution in [-0.4, -0.2) is 24.1 Å². The van der Waals surface area contributed by atoms with E-state index in [1.54, 1.807) is 0 Å². The van der Waals surface area contributed by atoms with Gasteiger partial charge in [-0.25, -0.2) is 0 Å². The fourth-order valence-corrected chi connectivity index (χ4v) is 5.58. The summed E-state index contributed by atoms with van der Waals surface area (Å²) in [4.78, 5) is 24.0. The van der Waals surface area contributed by atoms with E-state index >= 15 is 0 Å². The van der Waals surface area contributed by atoms with Gasteiger partial charge in [0.05, 0.1) is 12.3 Å². The lowest BCUT2D eigenvalue weighted by Crippen LogP contribution is -2.60. The first-order chi connectivity index (χ1) is 11.3. The van der Waals surface area contributed by atoms with Crippen molar-refractivity contribution in [3.63, 3.8) is 0 Å². The molecule has 4 heteroatoms. The van der Waals surface area contributed by atoms with Gasteiger partial charge >= 0.3 is 11.9 Å². The maximum Gasteiger partial charge on any atom is 0.309 e. The molecule has 0 aliphatic heterocycles. The Morgan fingerprint density at radius 1 is 1.12 bits per heavy atom. The van der Waals surface area contributed by atoms with E-state index in [1.165, 1.54) is 32.1 Å². The van der Waals surface area contributed by atoms with Crippen LogP contribution in [0.25, 0.3) is 0 Å². The van der Waals surface area contributed by atoms with Crippen LogP contribution in [0.1, 0.15) is 72.6 Å². The van der Waals surface area contributed by atoms with Crippen LogP contribution in [0.2, 0.25) is 0 Å². The average Bonchev–Trinajstić information content (AvgIpc) is 2.50. The third-order valence-corrected chi connectivity index (χ3v) is 7.02. The maximum atomic E-state index is 12.3. The molecular weight excluding hydrogens is 304 g/mol. The van der Waals surface area contributed by atoms with Crippen molar-refractivity contribution >= 4 is 11.9 Å². The molecule has 4 fully saturated rings. The van der Waals surface area contributed by atoms with E-state index < -0.39 is 0 Å². The molecule has 4 saturated carbocycles. The molecule has 3 unspecified atom stereocenters. The second-order valence-corrected chi connectivity index (χ2v) is 9.04. The highest BCUT2D eigenvalue weighted by atomic mass is 16.6. The SMILES string of the molecule is CCC(C)C(=O)OCCC(=O)OC1(C)C2CC3CC1CC(C)(C3)C2. The second-order valence-electron chi connectivity index (χ2n) is 9.04. The normalized spacial score (nSPS) is 41.1. The van der Waals surface area contributed by atoms with Gasteiger partial charge in [0.15, 0.2) is 0 Å². The molecule has 0 saturated heterocycles. The zero-order valence-corrected chi connectivity index (χ0v) is 15.6. The van der Waals surface area contributed by atoms with Gasteiger partial charge in [-0.15, -0.1) is 0 Å². The van der Waals surface area contributed by atoms with E-state index in [2.05, 4.69) is 13.8 Å². The summed E-state index contributed by atoms with van der Waals surface area (Å²) in [6, 6.07) is 0. The van der Waals surface area contributed by atoms with Gasteiger partial charge in [0, 0.05) is 0 Å². The zero-order chi connectivity index (χ0) is 17.5. The van der Waals surface area contributed by atoms with Gasteiger partial charge in [0.2, 0.25) is 0 Å². The van der Waals surface area contributed by atoms with Crippen molar-refractivity contribution in [1.82, 2.24) is 0 Å². The van der Waals surface area contributed by atoms with Crippen LogP contribution in [0.15, 0.2) is 0 Å². The average molecular weight is 336 g/mol. The summed E-state index contributed by atoms with van der Waals surface area (Å²) in [6.45, 7) is 8.49. The monoisotopic (exact) mass is 336 g/mol. The van der Waals surface area contributed by atoms with Crippen LogP contribution < -0.4 is 0 Å². The molecule has 4 nitrogen and oxygen atoms in total. The summed E-state index contributed by atoms with van der Waals surface area (Å²) in [7, 11) is 0. The van der Waals surface area contributed by atoms with E-state index in [4.69, 9.17) is 9.47 Å². The Balaban J connectivity index is 1.52. The van der Waals surface area contributed by atoms with Crippen LogP contribution in [0.4, 0.5) is 0 Å². The molecule has 0 radical (unpaired) electrons. The molecule has 0 aromatic heterocycles. The maximum absolute atomic E-state index is 12.3. The van der Waals surface area contributed by atoms with Gasteiger partial charge in [-0.3, -0.25) is 9.59 Å². The second kappa shape index (κ2) is 6.34. The van der Waals surface area contributed by atoms with Crippen LogP contribution in [-0.2, 0) is 19.1 Å². The lowest BCUT2D eigenvalue weighted by atomic mass is 9.45. The molecular formula is C20H32O4. The van der Waals surface area contributed by atoms with E-state index in [1.807, 2.05) is 13.8 Å². The molecule has 24 heavy (non-hydrogen) atoms. The predicted molar refractivity (Wildman–Crippen MR) is 91.2 cm³/mol. The van der Waals surface area contributed by atoms with Crippen molar-refractivity contribution in [2.75, 3.05) is 6.61 Å². The summed E-state index contributed by atoms with van der Waals surface area (Å²) >= 11 is 0. The number of esters is 2. The Kier molecular flexibility index (Phi) is 4.69. The highest BCUT2D eigenvalue weighted by molar-refractivity contribution is 5.73. The van der Waals surface area contributed by atoms with Gasteiger partial charge in [-0.2, -0.15) is 0 Å². The van der Waals surface area contributed by atoms with Crippen molar-refractivity contribution in [1.29, 1.82) is 0 Å². The largest absolute Gasteiger partial charge is 0.465 e. The summed E-state index contributed by atoms with van der Waals surface area (Å²) in [5, 5.41) is 0. The zero-order valence-electron chi connectivity index (χ0n) is 15.6. The minimum absolute atomic E-state index is 0.108. The lowest BCUT2D eigenvalue weighted by Gasteiger charge is -2.62. The molecule has 4 rings (SSSR count). The van der Waals surface area contributed by atoms with E-state index in [9.17, 15) is 9.59 Å². The van der Waals surface area contributed by atoms with Gasteiger partial charge in [-0.05, 0) is 68.6 Å². The fourth-order valence-electron chi connectivity index (χ4n) is 5.58. The number of ether oxygens (including phenoxy) is 2. The Labute approximate surface area is 145 Å². The minimum Gasteiger partial charge on any atom is -0.465 e. The molecule has 0 N–H and O–H groups in total. The quantitative estimate of drug-likeness (QED) is 0.685. The van der Waals surface area contributed by atoms with E-state index in [0.29, 0.717) is 17.3 Å². The molecule has 4 aliphatic carbocycles. The van der Waals surface area contributed by atoms with Crippen molar-refractivity contribution in [2.24, 2.45) is 29.1 Å². The Bertz CT molecular complexity index is 496. The molecule has 0 amide bonds. The van der Waals surface area contributed by atoms with Gasteiger partial charge in [0.1, 0.15) is 12.2 Å². The van der Waals surface area contributed by atoms with E-state index in [-0.39, 0.29) is 36.5 Å². The number of carbonyl (C=O) groups is 2. The van der Waals surface area contributed by atoms with Crippen molar-refractivity contribution in [2.45, 2.75) is 78.2 Å². The smallest absolute Gasteiger partial charge is 0.309 e. The third-order valence-electron chi connectivity index (χ3n) is 7.02. The standard InChI is InChI=1S/C20H32O4/c1-5-13(2)18(22)23-7-6-17(21)24-20(4)15-8-14-9-16(20)12-19(3,10-14)11-15/h13-16H,5-12H2,1-4H3. The highest BCUT2D eigenvalue weighted by Crippen LogP contribution is 2.64. The first-order valence-corrected chi connectivity index (χ1v) is 9.64. The highest BCUT2D eigenvalue weighted by Gasteiger charge is 2.60. The molecule has 4 bridgehead atoms. The summed E-state index contributed by atoms with van der Waals surface area (Å²) in [5.74, 6) is 1.28. The molecule has 0 aromatic carbocycles. The molecule has 0 aromatic rings. The van der Waals surface area contributed by atoms with E-state index in [0.717, 1.165) is 12.3 Å². The van der Waals surface area contributed by atoms with Gasteiger partial charge in [-0.1, -0.05) is 20.8 Å². The first kappa shape index (κ1) is 17.8. The topological polar surface area (TPSA) is 52.6 Å². The summed E-state index contributed by atoms with van der Waals surface area (Å²) in [6.07, 6.45) is 7.06. The molecule has 0 heterocycles. The number of hydrogen-bond acceptors (Lipinski definition) is 4. The first-order valence-electron chi connectivity index (χ1n) is 9.64.